The lowest BCUT2D eigenvalue weighted by Crippen LogP contribution is -2.56. The highest BCUT2D eigenvalue weighted by Gasteiger charge is 2.41. The topological polar surface area (TPSA) is 66.4 Å². The second kappa shape index (κ2) is 7.18. The fourth-order valence-electron chi connectivity index (χ4n) is 2.91. The number of carboxylic acids is 1. The van der Waals surface area contributed by atoms with Crippen molar-refractivity contribution in [2.75, 3.05) is 11.5 Å². The van der Waals surface area contributed by atoms with Crippen molar-refractivity contribution in [3.63, 3.8) is 0 Å². The maximum absolute atomic E-state index is 12.2. The lowest BCUT2D eigenvalue weighted by molar-refractivity contribution is -0.148. The summed E-state index contributed by atoms with van der Waals surface area (Å²) >= 11 is 1.74. The third-order valence-corrected chi connectivity index (χ3v) is 5.04. The number of carbonyl (C=O) groups excluding carboxylic acids is 1. The molecule has 1 heterocycles. The van der Waals surface area contributed by atoms with Gasteiger partial charge in [-0.2, -0.15) is 11.8 Å². The van der Waals surface area contributed by atoms with Gasteiger partial charge < -0.3 is 10.4 Å². The summed E-state index contributed by atoms with van der Waals surface area (Å²) in [5, 5.41) is 12.3. The van der Waals surface area contributed by atoms with Gasteiger partial charge in [-0.25, -0.2) is 4.79 Å². The van der Waals surface area contributed by atoms with E-state index in [-0.39, 0.29) is 5.91 Å². The number of aliphatic carboxylic acids is 1. The fraction of sp³-hybridized carbons (Fsp3) is 0.529. The van der Waals surface area contributed by atoms with Crippen molar-refractivity contribution < 1.29 is 14.7 Å². The number of amides is 1. The average Bonchev–Trinajstić information content (AvgIpc) is 2.45. The summed E-state index contributed by atoms with van der Waals surface area (Å²) in [5.74, 6) is 0.480. The van der Waals surface area contributed by atoms with Crippen molar-refractivity contribution in [3.8, 4) is 0 Å². The minimum Gasteiger partial charge on any atom is -0.480 e. The predicted molar refractivity (Wildman–Crippen MR) is 89.3 cm³/mol. The van der Waals surface area contributed by atoms with Crippen LogP contribution in [0.3, 0.4) is 0 Å². The van der Waals surface area contributed by atoms with Gasteiger partial charge in [-0.1, -0.05) is 29.3 Å². The Morgan fingerprint density at radius 1 is 1.18 bits per heavy atom. The van der Waals surface area contributed by atoms with E-state index in [1.165, 1.54) is 11.1 Å². The van der Waals surface area contributed by atoms with Crippen LogP contribution in [0.5, 0.6) is 0 Å². The van der Waals surface area contributed by atoms with Crippen molar-refractivity contribution in [2.45, 2.75) is 45.1 Å². The van der Waals surface area contributed by atoms with Gasteiger partial charge in [0.25, 0.3) is 0 Å². The normalized spacial score (nSPS) is 17.0. The van der Waals surface area contributed by atoms with E-state index < -0.39 is 11.5 Å². The van der Waals surface area contributed by atoms with E-state index in [4.69, 9.17) is 0 Å². The quantitative estimate of drug-likeness (QED) is 0.875. The second-order valence-corrected chi connectivity index (χ2v) is 7.27. The third kappa shape index (κ3) is 4.26. The molecule has 2 rings (SSSR count). The Balaban J connectivity index is 1.95. The maximum atomic E-state index is 12.2. The van der Waals surface area contributed by atoms with E-state index in [0.717, 1.165) is 17.1 Å². The molecule has 0 aromatic heterocycles. The summed E-state index contributed by atoms with van der Waals surface area (Å²) in [6.45, 7) is 4.07. The molecular weight excluding hydrogens is 298 g/mol. The summed E-state index contributed by atoms with van der Waals surface area (Å²) < 4.78 is 0. The molecule has 5 heteroatoms. The highest BCUT2D eigenvalue weighted by molar-refractivity contribution is 7.99. The van der Waals surface area contributed by atoms with Crippen LogP contribution >= 0.6 is 11.8 Å². The monoisotopic (exact) mass is 321 g/mol. The van der Waals surface area contributed by atoms with E-state index in [1.807, 2.05) is 13.8 Å². The predicted octanol–water partition coefficient (Wildman–Crippen LogP) is 2.70. The van der Waals surface area contributed by atoms with Crippen molar-refractivity contribution in [1.82, 2.24) is 5.32 Å². The molecular formula is C17H23NO3S. The third-order valence-electron chi connectivity index (χ3n) is 4.06. The van der Waals surface area contributed by atoms with E-state index in [9.17, 15) is 14.7 Å². The molecule has 0 aliphatic carbocycles. The zero-order valence-electron chi connectivity index (χ0n) is 13.1. The van der Waals surface area contributed by atoms with Crippen LogP contribution in [-0.2, 0) is 16.0 Å². The molecule has 0 saturated carbocycles. The molecule has 1 saturated heterocycles. The zero-order chi connectivity index (χ0) is 16.2. The van der Waals surface area contributed by atoms with E-state index in [2.05, 4.69) is 23.5 Å². The molecule has 1 amide bonds. The van der Waals surface area contributed by atoms with Gasteiger partial charge in [0, 0.05) is 6.42 Å². The molecule has 0 bridgehead atoms. The van der Waals surface area contributed by atoms with Gasteiger partial charge in [0.05, 0.1) is 0 Å². The van der Waals surface area contributed by atoms with Crippen molar-refractivity contribution in [1.29, 1.82) is 0 Å². The van der Waals surface area contributed by atoms with Gasteiger partial charge in [-0.15, -0.1) is 0 Å². The number of thioether (sulfide) groups is 1. The Labute approximate surface area is 135 Å². The SMILES string of the molecule is Cc1cc(C)cc(CCC(=O)NC2(C(=O)O)CCSCC2)c1. The molecule has 0 atom stereocenters. The van der Waals surface area contributed by atoms with Gasteiger partial charge in [0.1, 0.15) is 5.54 Å². The summed E-state index contributed by atoms with van der Waals surface area (Å²) in [4.78, 5) is 23.7. The Hall–Kier alpha value is -1.49. The number of benzene rings is 1. The van der Waals surface area contributed by atoms with Gasteiger partial charge in [-0.05, 0) is 50.2 Å². The number of rotatable bonds is 5. The summed E-state index contributed by atoms with van der Waals surface area (Å²) in [5.41, 5.74) is 2.42. The van der Waals surface area contributed by atoms with E-state index >= 15 is 0 Å². The summed E-state index contributed by atoms with van der Waals surface area (Å²) in [6.07, 6.45) is 1.97. The number of hydrogen-bond donors (Lipinski definition) is 2. The molecule has 120 valence electrons. The van der Waals surface area contributed by atoms with Crippen LogP contribution in [0, 0.1) is 13.8 Å². The molecule has 22 heavy (non-hydrogen) atoms. The van der Waals surface area contributed by atoms with Crippen LogP contribution < -0.4 is 5.32 Å². The van der Waals surface area contributed by atoms with Crippen LogP contribution in [0.15, 0.2) is 18.2 Å². The molecule has 0 unspecified atom stereocenters. The summed E-state index contributed by atoms with van der Waals surface area (Å²) in [7, 11) is 0. The Kier molecular flexibility index (Phi) is 5.51. The van der Waals surface area contributed by atoms with Crippen molar-refractivity contribution in [3.05, 3.63) is 34.9 Å². The van der Waals surface area contributed by atoms with Gasteiger partial charge in [0.15, 0.2) is 0 Å². The number of aryl methyl sites for hydroxylation is 3. The summed E-state index contributed by atoms with van der Waals surface area (Å²) in [6, 6.07) is 6.25. The smallest absolute Gasteiger partial charge is 0.329 e. The Morgan fingerprint density at radius 2 is 1.77 bits per heavy atom. The largest absolute Gasteiger partial charge is 0.480 e. The van der Waals surface area contributed by atoms with Crippen LogP contribution in [0.2, 0.25) is 0 Å². The average molecular weight is 321 g/mol. The molecule has 1 fully saturated rings. The first-order valence-corrected chi connectivity index (χ1v) is 8.76. The lowest BCUT2D eigenvalue weighted by atomic mass is 9.92. The molecule has 0 radical (unpaired) electrons. The van der Waals surface area contributed by atoms with E-state index in [1.54, 1.807) is 11.8 Å². The minimum atomic E-state index is -1.06. The second-order valence-electron chi connectivity index (χ2n) is 6.04. The zero-order valence-corrected chi connectivity index (χ0v) is 14.0. The molecule has 2 N–H and O–H groups in total. The van der Waals surface area contributed by atoms with Gasteiger partial charge >= 0.3 is 5.97 Å². The number of carbonyl (C=O) groups is 2. The maximum Gasteiger partial charge on any atom is 0.329 e. The van der Waals surface area contributed by atoms with Crippen LogP contribution in [-0.4, -0.2) is 34.0 Å². The van der Waals surface area contributed by atoms with Crippen LogP contribution in [0.4, 0.5) is 0 Å². The standard InChI is InChI=1S/C17H23NO3S/c1-12-9-13(2)11-14(10-12)3-4-15(19)18-17(16(20)21)5-7-22-8-6-17/h9-11H,3-8H2,1-2H3,(H,18,19)(H,20,21). The minimum absolute atomic E-state index is 0.173. The number of carboxylic acid groups (broad SMARTS) is 1. The molecule has 1 aromatic carbocycles. The number of nitrogens with one attached hydrogen (secondary N) is 1. The highest BCUT2D eigenvalue weighted by Crippen LogP contribution is 2.27. The first-order valence-electron chi connectivity index (χ1n) is 7.61. The van der Waals surface area contributed by atoms with Gasteiger partial charge in [-0.3, -0.25) is 4.79 Å². The first kappa shape index (κ1) is 16.9. The fourth-order valence-corrected chi connectivity index (χ4v) is 4.10. The molecule has 4 nitrogen and oxygen atoms in total. The Bertz CT molecular complexity index is 545. The van der Waals surface area contributed by atoms with Crippen molar-refractivity contribution in [2.24, 2.45) is 0 Å². The Morgan fingerprint density at radius 3 is 2.32 bits per heavy atom. The molecule has 1 aliphatic rings. The van der Waals surface area contributed by atoms with Crippen LogP contribution in [0.1, 0.15) is 36.0 Å². The van der Waals surface area contributed by atoms with Gasteiger partial charge in [0.2, 0.25) is 5.91 Å². The highest BCUT2D eigenvalue weighted by atomic mass is 32.2. The first-order chi connectivity index (χ1) is 10.4. The molecule has 1 aromatic rings. The molecule has 1 aliphatic heterocycles. The molecule has 0 spiro atoms. The van der Waals surface area contributed by atoms with E-state index in [0.29, 0.717) is 25.7 Å². The van der Waals surface area contributed by atoms with Crippen molar-refractivity contribution >= 4 is 23.6 Å². The lowest BCUT2D eigenvalue weighted by Gasteiger charge is -2.33. The number of hydrogen-bond acceptors (Lipinski definition) is 3. The van der Waals surface area contributed by atoms with Crippen LogP contribution in [0.25, 0.3) is 0 Å².